The molecule has 0 bridgehead atoms. The van der Waals surface area contributed by atoms with Crippen molar-refractivity contribution in [3.63, 3.8) is 0 Å². The normalized spacial score (nSPS) is 12.4. The Morgan fingerprint density at radius 2 is 1.93 bits per heavy atom. The molecule has 15 heavy (non-hydrogen) atoms. The van der Waals surface area contributed by atoms with E-state index in [-0.39, 0.29) is 0 Å². The maximum absolute atomic E-state index is 12.0. The van der Waals surface area contributed by atoms with Crippen LogP contribution in [0, 0.1) is 0 Å². The van der Waals surface area contributed by atoms with Crippen LogP contribution in [0.15, 0.2) is 17.4 Å². The van der Waals surface area contributed by atoms with Gasteiger partial charge in [-0.1, -0.05) is 3.89 Å². The van der Waals surface area contributed by atoms with Gasteiger partial charge in [0.1, 0.15) is 0 Å². The SMILES string of the molecule is CS(=O)(=O)c1nccc(OS(=O)(=O)F)n1. The predicted octanol–water partition coefficient (Wildman–Crippen LogP) is -0.527. The van der Waals surface area contributed by atoms with Crippen LogP contribution < -0.4 is 4.18 Å². The molecule has 0 aliphatic heterocycles. The summed E-state index contributed by atoms with van der Waals surface area (Å²) in [7, 11) is -8.92. The Bertz CT molecular complexity index is 567. The van der Waals surface area contributed by atoms with Crippen molar-refractivity contribution in [2.24, 2.45) is 0 Å². The molecule has 0 aromatic carbocycles. The van der Waals surface area contributed by atoms with Gasteiger partial charge in [0.2, 0.25) is 20.9 Å². The third-order valence-electron chi connectivity index (χ3n) is 1.12. The quantitative estimate of drug-likeness (QED) is 0.529. The van der Waals surface area contributed by atoms with E-state index in [0.717, 1.165) is 18.5 Å². The van der Waals surface area contributed by atoms with E-state index in [1.165, 1.54) is 0 Å². The van der Waals surface area contributed by atoms with Crippen molar-refractivity contribution in [1.29, 1.82) is 0 Å². The molecule has 1 heterocycles. The summed E-state index contributed by atoms with van der Waals surface area (Å²) in [6.07, 6.45) is 1.75. The zero-order chi connectivity index (χ0) is 11.7. The summed E-state index contributed by atoms with van der Waals surface area (Å²) >= 11 is 0. The van der Waals surface area contributed by atoms with Crippen LogP contribution in [0.1, 0.15) is 0 Å². The first-order valence-electron chi connectivity index (χ1n) is 3.36. The lowest BCUT2D eigenvalue weighted by molar-refractivity contribution is 0.428. The molecule has 1 aromatic heterocycles. The molecule has 0 N–H and O–H groups in total. The highest BCUT2D eigenvalue weighted by Gasteiger charge is 2.15. The van der Waals surface area contributed by atoms with Crippen molar-refractivity contribution >= 4 is 20.3 Å². The predicted molar refractivity (Wildman–Crippen MR) is 45.8 cm³/mol. The molecule has 0 unspecified atom stereocenters. The lowest BCUT2D eigenvalue weighted by Crippen LogP contribution is -2.07. The molecular weight excluding hydrogens is 251 g/mol. The molecule has 0 amide bonds. The molecule has 0 aliphatic rings. The van der Waals surface area contributed by atoms with E-state index in [0.29, 0.717) is 0 Å². The molecule has 0 atom stereocenters. The molecule has 1 rings (SSSR count). The average Bonchev–Trinajstić information content (AvgIpc) is 1.99. The zero-order valence-corrected chi connectivity index (χ0v) is 8.92. The van der Waals surface area contributed by atoms with Crippen molar-refractivity contribution in [2.75, 3.05) is 6.26 Å². The summed E-state index contributed by atoms with van der Waals surface area (Å²) in [6.45, 7) is 0. The molecule has 0 spiro atoms. The molecule has 0 fully saturated rings. The Hall–Kier alpha value is -1.29. The summed E-state index contributed by atoms with van der Waals surface area (Å²) in [5.41, 5.74) is 0. The van der Waals surface area contributed by atoms with E-state index in [2.05, 4.69) is 14.2 Å². The number of hydrogen-bond donors (Lipinski definition) is 0. The number of nitrogens with zero attached hydrogens (tertiary/aromatic N) is 2. The maximum atomic E-state index is 12.0. The third-order valence-corrected chi connectivity index (χ3v) is 2.35. The van der Waals surface area contributed by atoms with Crippen LogP contribution in [0.4, 0.5) is 3.89 Å². The Balaban J connectivity index is 3.15. The summed E-state index contributed by atoms with van der Waals surface area (Å²) in [6, 6.07) is 0.909. The number of aromatic nitrogens is 2. The molecule has 84 valence electrons. The van der Waals surface area contributed by atoms with Crippen LogP contribution in [-0.4, -0.2) is 33.1 Å². The van der Waals surface area contributed by atoms with E-state index >= 15 is 0 Å². The molecule has 0 saturated heterocycles. The highest BCUT2D eigenvalue weighted by molar-refractivity contribution is 7.90. The van der Waals surface area contributed by atoms with Crippen molar-refractivity contribution in [3.05, 3.63) is 12.3 Å². The lowest BCUT2D eigenvalue weighted by atomic mass is 10.6. The van der Waals surface area contributed by atoms with Crippen LogP contribution in [0.3, 0.4) is 0 Å². The fraction of sp³-hybridized carbons (Fsp3) is 0.200. The second kappa shape index (κ2) is 3.70. The van der Waals surface area contributed by atoms with Gasteiger partial charge in [-0.15, -0.1) is 0 Å². The maximum Gasteiger partial charge on any atom is 0.490 e. The summed E-state index contributed by atoms with van der Waals surface area (Å²) in [5, 5.41) is -0.649. The average molecular weight is 256 g/mol. The van der Waals surface area contributed by atoms with Gasteiger partial charge >= 0.3 is 10.5 Å². The van der Waals surface area contributed by atoms with E-state index in [1.807, 2.05) is 0 Å². The number of hydrogen-bond acceptors (Lipinski definition) is 7. The molecule has 0 radical (unpaired) electrons. The van der Waals surface area contributed by atoms with E-state index in [4.69, 9.17) is 0 Å². The minimum Gasteiger partial charge on any atom is -0.337 e. The number of rotatable bonds is 3. The monoisotopic (exact) mass is 256 g/mol. The van der Waals surface area contributed by atoms with Gasteiger partial charge in [0, 0.05) is 18.5 Å². The van der Waals surface area contributed by atoms with Crippen molar-refractivity contribution in [1.82, 2.24) is 9.97 Å². The summed E-state index contributed by atoms with van der Waals surface area (Å²) in [4.78, 5) is 6.53. The lowest BCUT2D eigenvalue weighted by Gasteiger charge is -1.99. The molecule has 1 aromatic rings. The Morgan fingerprint density at radius 1 is 1.33 bits per heavy atom. The van der Waals surface area contributed by atoms with Crippen molar-refractivity contribution in [2.45, 2.75) is 5.16 Å². The van der Waals surface area contributed by atoms with Gasteiger partial charge in [-0.05, 0) is 0 Å². The van der Waals surface area contributed by atoms with E-state index < -0.39 is 31.4 Å². The third kappa shape index (κ3) is 3.75. The molecule has 10 heteroatoms. The molecule has 0 saturated carbocycles. The van der Waals surface area contributed by atoms with Gasteiger partial charge in [-0.25, -0.2) is 13.4 Å². The van der Waals surface area contributed by atoms with Gasteiger partial charge in [0.25, 0.3) is 0 Å². The fourth-order valence-electron chi connectivity index (χ4n) is 0.652. The van der Waals surface area contributed by atoms with Gasteiger partial charge in [0.05, 0.1) is 0 Å². The van der Waals surface area contributed by atoms with Gasteiger partial charge < -0.3 is 4.18 Å². The Labute approximate surface area is 85.3 Å². The topological polar surface area (TPSA) is 103 Å². The number of sulfone groups is 1. The largest absolute Gasteiger partial charge is 0.490 e. The van der Waals surface area contributed by atoms with Gasteiger partial charge in [0.15, 0.2) is 0 Å². The molecular formula is C5H5FN2O5S2. The Morgan fingerprint density at radius 3 is 2.40 bits per heavy atom. The Kier molecular flexibility index (Phi) is 2.90. The highest BCUT2D eigenvalue weighted by Crippen LogP contribution is 2.11. The van der Waals surface area contributed by atoms with Crippen LogP contribution in [0.5, 0.6) is 5.88 Å². The number of halogens is 1. The first-order valence-corrected chi connectivity index (χ1v) is 6.56. The summed E-state index contributed by atoms with van der Waals surface area (Å²) in [5.74, 6) is -0.701. The van der Waals surface area contributed by atoms with Crippen LogP contribution in [0.2, 0.25) is 0 Å². The highest BCUT2D eigenvalue weighted by atomic mass is 32.3. The van der Waals surface area contributed by atoms with Crippen LogP contribution in [0.25, 0.3) is 0 Å². The minimum absolute atomic E-state index is 0.649. The minimum atomic E-state index is -5.22. The van der Waals surface area contributed by atoms with Crippen LogP contribution >= 0.6 is 0 Å². The fourth-order valence-corrected chi connectivity index (χ4v) is 1.46. The second-order valence-electron chi connectivity index (χ2n) is 2.43. The second-order valence-corrected chi connectivity index (χ2v) is 5.29. The molecule has 7 nitrogen and oxygen atoms in total. The van der Waals surface area contributed by atoms with Gasteiger partial charge in [-0.2, -0.15) is 13.4 Å². The smallest absolute Gasteiger partial charge is 0.337 e. The van der Waals surface area contributed by atoms with Crippen LogP contribution in [-0.2, 0) is 20.3 Å². The first kappa shape index (κ1) is 11.8. The van der Waals surface area contributed by atoms with Crippen molar-refractivity contribution < 1.29 is 24.9 Å². The standard InChI is InChI=1S/C5H5FN2O5S2/c1-14(9,10)5-7-3-2-4(8-5)13-15(6,11)12/h2-3H,1H3. The summed E-state index contributed by atoms with van der Waals surface area (Å²) < 4.78 is 57.8. The van der Waals surface area contributed by atoms with Gasteiger partial charge in [-0.3, -0.25) is 0 Å². The van der Waals surface area contributed by atoms with E-state index in [9.17, 15) is 20.7 Å². The molecule has 0 aliphatic carbocycles. The van der Waals surface area contributed by atoms with E-state index in [1.54, 1.807) is 0 Å². The van der Waals surface area contributed by atoms with Crippen molar-refractivity contribution in [3.8, 4) is 5.88 Å². The first-order chi connectivity index (χ1) is 6.68. The zero-order valence-electron chi connectivity index (χ0n) is 7.28.